The number of hydrogen-bond acceptors (Lipinski definition) is 6. The summed E-state index contributed by atoms with van der Waals surface area (Å²) in [5, 5.41) is 59.1. The SMILES string of the molecule is O=C(O)c1ccc(N=C(O)c2cc(-c3ccc(C(=O)O)c(C(=O)O)c3)ccc2C(O)=Nc2cccc(C(=O)O)c2)cc1. The quantitative estimate of drug-likeness (QED) is 0.111. The van der Waals surface area contributed by atoms with E-state index < -0.39 is 46.8 Å². The van der Waals surface area contributed by atoms with E-state index in [0.29, 0.717) is 5.56 Å². The third-order valence-corrected chi connectivity index (χ3v) is 5.99. The maximum absolute atomic E-state index is 11.7. The zero-order valence-corrected chi connectivity index (χ0v) is 21.3. The van der Waals surface area contributed by atoms with Crippen LogP contribution in [-0.2, 0) is 0 Å². The molecule has 6 N–H and O–H groups in total. The van der Waals surface area contributed by atoms with Gasteiger partial charge in [0, 0.05) is 11.1 Å². The van der Waals surface area contributed by atoms with Gasteiger partial charge < -0.3 is 30.6 Å². The summed E-state index contributed by atoms with van der Waals surface area (Å²) in [4.78, 5) is 53.8. The average Bonchev–Trinajstić information content (AvgIpc) is 2.96. The van der Waals surface area contributed by atoms with E-state index in [2.05, 4.69) is 9.98 Å². The molecule has 0 radical (unpaired) electrons. The van der Waals surface area contributed by atoms with Crippen molar-refractivity contribution in [3.05, 3.63) is 118 Å². The highest BCUT2D eigenvalue weighted by Gasteiger charge is 2.19. The summed E-state index contributed by atoms with van der Waals surface area (Å²) in [6, 6.07) is 18.5. The van der Waals surface area contributed by atoms with Crippen molar-refractivity contribution in [2.45, 2.75) is 0 Å². The lowest BCUT2D eigenvalue weighted by Crippen LogP contribution is -2.10. The largest absolute Gasteiger partial charge is 0.493 e. The van der Waals surface area contributed by atoms with Crippen LogP contribution in [0.5, 0.6) is 0 Å². The molecule has 0 spiro atoms. The first-order chi connectivity index (χ1) is 19.9. The molecule has 0 saturated heterocycles. The van der Waals surface area contributed by atoms with Gasteiger partial charge in [0.05, 0.1) is 33.6 Å². The maximum Gasteiger partial charge on any atom is 0.336 e. The summed E-state index contributed by atoms with van der Waals surface area (Å²) in [5.41, 5.74) is -0.247. The van der Waals surface area contributed by atoms with E-state index in [1.807, 2.05) is 0 Å². The van der Waals surface area contributed by atoms with Gasteiger partial charge >= 0.3 is 23.9 Å². The lowest BCUT2D eigenvalue weighted by Gasteiger charge is -2.12. The Balaban J connectivity index is 1.87. The molecule has 0 aliphatic carbocycles. The number of carboxylic acids is 4. The Hall–Kier alpha value is -6.30. The molecule has 0 saturated carbocycles. The molecule has 0 heterocycles. The highest BCUT2D eigenvalue weighted by molar-refractivity contribution is 6.08. The van der Waals surface area contributed by atoms with Gasteiger partial charge in [0.25, 0.3) is 0 Å². The van der Waals surface area contributed by atoms with Crippen LogP contribution >= 0.6 is 0 Å². The van der Waals surface area contributed by atoms with Crippen molar-refractivity contribution in [3.63, 3.8) is 0 Å². The number of carbonyl (C=O) groups is 4. The highest BCUT2D eigenvalue weighted by atomic mass is 16.4. The van der Waals surface area contributed by atoms with Crippen LogP contribution in [0.4, 0.5) is 11.4 Å². The molecule has 0 aliphatic heterocycles. The van der Waals surface area contributed by atoms with Gasteiger partial charge in [-0.25, -0.2) is 29.2 Å². The van der Waals surface area contributed by atoms with Crippen LogP contribution in [0, 0.1) is 0 Å². The molecule has 4 aromatic rings. The normalized spacial score (nSPS) is 11.6. The summed E-state index contributed by atoms with van der Waals surface area (Å²) in [6.07, 6.45) is 0. The van der Waals surface area contributed by atoms with Gasteiger partial charge in [-0.1, -0.05) is 18.2 Å². The van der Waals surface area contributed by atoms with Crippen LogP contribution < -0.4 is 0 Å². The van der Waals surface area contributed by atoms with Crippen molar-refractivity contribution in [1.29, 1.82) is 0 Å². The molecular formula is C30H20N2O10. The van der Waals surface area contributed by atoms with Crippen molar-refractivity contribution in [2.24, 2.45) is 9.98 Å². The molecule has 0 amide bonds. The molecule has 0 fully saturated rings. The Morgan fingerprint density at radius 1 is 0.429 bits per heavy atom. The molecule has 0 aliphatic rings. The summed E-state index contributed by atoms with van der Waals surface area (Å²) >= 11 is 0. The standard InChI is InChI=1S/C30H20N2O10/c33-25(32-20-3-1-2-18(12-20)28(37)38)21-10-6-16(17-7-11-22(29(39)40)24(14-17)30(41)42)13-23(21)26(34)31-19-8-4-15(5-9-19)27(35)36/h1-14H,(H,31,34)(H,32,33)(H,35,36)(H,37,38)(H,39,40)(H,41,42). The van der Waals surface area contributed by atoms with Crippen molar-refractivity contribution in [1.82, 2.24) is 0 Å². The maximum atomic E-state index is 11.7. The third kappa shape index (κ3) is 6.29. The second kappa shape index (κ2) is 11.8. The topological polar surface area (TPSA) is 214 Å². The van der Waals surface area contributed by atoms with Gasteiger partial charge in [-0.05, 0) is 77.9 Å². The minimum absolute atomic E-state index is 0.0106. The third-order valence-electron chi connectivity index (χ3n) is 5.99. The second-order valence-electron chi connectivity index (χ2n) is 8.71. The summed E-state index contributed by atoms with van der Waals surface area (Å²) < 4.78 is 0. The van der Waals surface area contributed by atoms with Crippen LogP contribution in [0.25, 0.3) is 11.1 Å². The Bertz CT molecular complexity index is 1810. The van der Waals surface area contributed by atoms with Gasteiger partial charge in [0.1, 0.15) is 0 Å². The van der Waals surface area contributed by atoms with Crippen LogP contribution in [0.3, 0.4) is 0 Å². The number of hydrogen-bond donors (Lipinski definition) is 6. The minimum Gasteiger partial charge on any atom is -0.493 e. The number of aliphatic hydroxyl groups excluding tert-OH is 2. The highest BCUT2D eigenvalue weighted by Crippen LogP contribution is 2.28. The number of aliphatic hydroxyl groups is 2. The Kier molecular flexibility index (Phi) is 8.09. The number of aromatic carboxylic acids is 4. The molecule has 4 rings (SSSR count). The predicted octanol–water partition coefficient (Wildman–Crippen LogP) is 5.42. The van der Waals surface area contributed by atoms with E-state index in [9.17, 15) is 44.7 Å². The van der Waals surface area contributed by atoms with Crippen LogP contribution in [0.15, 0.2) is 94.9 Å². The Labute approximate surface area is 236 Å². The molecule has 210 valence electrons. The molecule has 42 heavy (non-hydrogen) atoms. The molecule has 12 heteroatoms. The Morgan fingerprint density at radius 3 is 1.52 bits per heavy atom. The molecule has 0 atom stereocenters. The van der Waals surface area contributed by atoms with Crippen molar-refractivity contribution in [3.8, 4) is 11.1 Å². The zero-order valence-electron chi connectivity index (χ0n) is 21.3. The number of benzene rings is 4. The monoisotopic (exact) mass is 568 g/mol. The predicted molar refractivity (Wildman–Crippen MR) is 150 cm³/mol. The first kappa shape index (κ1) is 28.7. The lowest BCUT2D eigenvalue weighted by atomic mass is 9.95. The van der Waals surface area contributed by atoms with E-state index in [1.165, 1.54) is 72.8 Å². The van der Waals surface area contributed by atoms with E-state index in [1.54, 1.807) is 0 Å². The summed E-state index contributed by atoms with van der Waals surface area (Å²) in [5.74, 6) is -6.50. The molecule has 0 bridgehead atoms. The van der Waals surface area contributed by atoms with Crippen LogP contribution in [0.2, 0.25) is 0 Å². The van der Waals surface area contributed by atoms with E-state index in [4.69, 9.17) is 5.11 Å². The molecule has 0 aromatic heterocycles. The van der Waals surface area contributed by atoms with E-state index in [0.717, 1.165) is 12.1 Å². The number of rotatable bonds is 9. The van der Waals surface area contributed by atoms with Crippen molar-refractivity contribution >= 4 is 47.0 Å². The smallest absolute Gasteiger partial charge is 0.336 e. The first-order valence-electron chi connectivity index (χ1n) is 11.9. The van der Waals surface area contributed by atoms with Gasteiger partial charge in [0.2, 0.25) is 11.8 Å². The van der Waals surface area contributed by atoms with E-state index >= 15 is 0 Å². The summed E-state index contributed by atoms with van der Waals surface area (Å²) in [6.45, 7) is 0. The fourth-order valence-corrected chi connectivity index (χ4v) is 3.94. The lowest BCUT2D eigenvalue weighted by molar-refractivity contribution is 0.0651. The Morgan fingerprint density at radius 2 is 0.952 bits per heavy atom. The fraction of sp³-hybridized carbons (Fsp3) is 0. The van der Waals surface area contributed by atoms with Gasteiger partial charge in [-0.15, -0.1) is 0 Å². The number of aliphatic imine (C=N–C) groups is 2. The fourth-order valence-electron chi connectivity index (χ4n) is 3.94. The van der Waals surface area contributed by atoms with E-state index in [-0.39, 0.29) is 39.2 Å². The second-order valence-corrected chi connectivity index (χ2v) is 8.71. The molecular weight excluding hydrogens is 548 g/mol. The molecule has 12 nitrogen and oxygen atoms in total. The first-order valence-corrected chi connectivity index (χ1v) is 11.9. The number of carboxylic acid groups (broad SMARTS) is 4. The average molecular weight is 568 g/mol. The van der Waals surface area contributed by atoms with Crippen LogP contribution in [-0.4, -0.2) is 66.3 Å². The van der Waals surface area contributed by atoms with Gasteiger partial charge in [-0.3, -0.25) is 0 Å². The van der Waals surface area contributed by atoms with Crippen LogP contribution in [0.1, 0.15) is 52.6 Å². The van der Waals surface area contributed by atoms with Crippen molar-refractivity contribution in [2.75, 3.05) is 0 Å². The molecule has 4 aromatic carbocycles. The molecule has 0 unspecified atom stereocenters. The summed E-state index contributed by atoms with van der Waals surface area (Å²) in [7, 11) is 0. The minimum atomic E-state index is -1.46. The number of nitrogens with zero attached hydrogens (tertiary/aromatic N) is 2. The zero-order chi connectivity index (χ0) is 30.6. The van der Waals surface area contributed by atoms with Crippen molar-refractivity contribution < 1.29 is 49.8 Å². The van der Waals surface area contributed by atoms with Gasteiger partial charge in [-0.2, -0.15) is 0 Å². The van der Waals surface area contributed by atoms with Gasteiger partial charge in [0.15, 0.2) is 0 Å².